The van der Waals surface area contributed by atoms with Crippen LogP contribution in [-0.4, -0.2) is 44.8 Å². The molecule has 7 heteroatoms. The van der Waals surface area contributed by atoms with Gasteiger partial charge in [0.2, 0.25) is 0 Å². The third kappa shape index (κ3) is 7.76. The summed E-state index contributed by atoms with van der Waals surface area (Å²) in [6.45, 7) is 5.87. The van der Waals surface area contributed by atoms with Gasteiger partial charge in [-0.15, -0.1) is 24.0 Å². The summed E-state index contributed by atoms with van der Waals surface area (Å²) in [4.78, 5) is 15.6. The Morgan fingerprint density at radius 1 is 1.35 bits per heavy atom. The molecule has 0 spiro atoms. The molecule has 1 rings (SSSR count). The summed E-state index contributed by atoms with van der Waals surface area (Å²) in [6.07, 6.45) is 3.05. The van der Waals surface area contributed by atoms with E-state index in [1.807, 2.05) is 0 Å². The number of rotatable bonds is 7. The molecule has 0 bridgehead atoms. The van der Waals surface area contributed by atoms with E-state index in [1.165, 1.54) is 12.8 Å². The molecule has 118 valence electrons. The van der Waals surface area contributed by atoms with E-state index in [1.54, 1.807) is 14.0 Å². The smallest absolute Gasteiger partial charge is 0.407 e. The van der Waals surface area contributed by atoms with Crippen LogP contribution in [0.4, 0.5) is 4.79 Å². The van der Waals surface area contributed by atoms with Crippen LogP contribution < -0.4 is 16.0 Å². The average Bonchev–Trinajstić information content (AvgIpc) is 3.22. The van der Waals surface area contributed by atoms with Gasteiger partial charge in [-0.1, -0.05) is 6.92 Å². The van der Waals surface area contributed by atoms with Crippen LogP contribution in [0.2, 0.25) is 0 Å². The molecular weight excluding hydrogens is 371 g/mol. The van der Waals surface area contributed by atoms with Crippen molar-refractivity contribution in [1.29, 1.82) is 0 Å². The molecule has 0 heterocycles. The first-order valence-electron chi connectivity index (χ1n) is 7.09. The van der Waals surface area contributed by atoms with Crippen molar-refractivity contribution in [3.63, 3.8) is 0 Å². The minimum absolute atomic E-state index is 0. The lowest BCUT2D eigenvalue weighted by Crippen LogP contribution is -2.48. The minimum Gasteiger partial charge on any atom is -0.450 e. The van der Waals surface area contributed by atoms with Gasteiger partial charge in [-0.25, -0.2) is 4.79 Å². The number of guanidine groups is 1. The number of alkyl carbamates (subject to hydrolysis) is 1. The highest BCUT2D eigenvalue weighted by Gasteiger charge is 2.32. The van der Waals surface area contributed by atoms with Gasteiger partial charge in [-0.05, 0) is 32.1 Å². The number of carbonyl (C=O) groups is 1. The van der Waals surface area contributed by atoms with E-state index < -0.39 is 0 Å². The van der Waals surface area contributed by atoms with Gasteiger partial charge in [0.05, 0.1) is 12.6 Å². The van der Waals surface area contributed by atoms with Crippen molar-refractivity contribution in [3.05, 3.63) is 0 Å². The number of hydrogen-bond donors (Lipinski definition) is 3. The van der Waals surface area contributed by atoms with Crippen LogP contribution in [0.3, 0.4) is 0 Å². The Bertz CT molecular complexity index is 309. The summed E-state index contributed by atoms with van der Waals surface area (Å²) in [5.41, 5.74) is 0. The molecule has 0 radical (unpaired) electrons. The molecule has 20 heavy (non-hydrogen) atoms. The van der Waals surface area contributed by atoms with E-state index in [-0.39, 0.29) is 36.1 Å². The lowest BCUT2D eigenvalue weighted by molar-refractivity contribution is 0.146. The molecule has 1 atom stereocenters. The fraction of sp³-hybridized carbons (Fsp3) is 0.846. The van der Waals surface area contributed by atoms with Crippen LogP contribution >= 0.6 is 24.0 Å². The lowest BCUT2D eigenvalue weighted by Gasteiger charge is -2.20. The van der Waals surface area contributed by atoms with Gasteiger partial charge in [-0.2, -0.15) is 0 Å². The second-order valence-corrected chi connectivity index (χ2v) is 4.69. The van der Waals surface area contributed by atoms with Crippen LogP contribution in [0.25, 0.3) is 0 Å². The molecule has 1 aliphatic rings. The Balaban J connectivity index is 0.00000361. The predicted octanol–water partition coefficient (Wildman–Crippen LogP) is 1.70. The van der Waals surface area contributed by atoms with Gasteiger partial charge in [0, 0.05) is 20.1 Å². The normalized spacial score (nSPS) is 15.8. The number of nitrogens with zero attached hydrogens (tertiary/aromatic N) is 1. The molecule has 0 aromatic rings. The Morgan fingerprint density at radius 2 is 2.05 bits per heavy atom. The topological polar surface area (TPSA) is 74.8 Å². The van der Waals surface area contributed by atoms with Gasteiger partial charge >= 0.3 is 6.09 Å². The number of hydrogen-bond acceptors (Lipinski definition) is 3. The first kappa shape index (κ1) is 19.3. The molecule has 6 nitrogen and oxygen atoms in total. The van der Waals surface area contributed by atoms with E-state index in [0.29, 0.717) is 19.1 Å². The van der Waals surface area contributed by atoms with Crippen molar-refractivity contribution in [1.82, 2.24) is 16.0 Å². The van der Waals surface area contributed by atoms with Gasteiger partial charge < -0.3 is 20.7 Å². The van der Waals surface area contributed by atoms with Crippen molar-refractivity contribution in [2.75, 3.05) is 26.7 Å². The third-order valence-corrected chi connectivity index (χ3v) is 3.03. The largest absolute Gasteiger partial charge is 0.450 e. The summed E-state index contributed by atoms with van der Waals surface area (Å²) < 4.78 is 4.92. The summed E-state index contributed by atoms with van der Waals surface area (Å²) in [6, 6.07) is 0.110. The number of ether oxygens (including phenoxy) is 1. The number of amides is 1. The number of aliphatic imine (C=N–C) groups is 1. The zero-order chi connectivity index (χ0) is 14.1. The molecule has 0 aromatic heterocycles. The van der Waals surface area contributed by atoms with E-state index in [2.05, 4.69) is 27.9 Å². The maximum absolute atomic E-state index is 11.5. The molecular formula is C13H27IN4O2. The van der Waals surface area contributed by atoms with E-state index in [9.17, 15) is 4.79 Å². The van der Waals surface area contributed by atoms with Crippen LogP contribution in [0.15, 0.2) is 4.99 Å². The molecule has 1 amide bonds. The van der Waals surface area contributed by atoms with Crippen molar-refractivity contribution in [3.8, 4) is 0 Å². The Kier molecular flexibility index (Phi) is 10.6. The molecule has 0 saturated heterocycles. The Hall–Kier alpha value is -0.730. The number of nitrogens with one attached hydrogen (secondary N) is 3. The Labute approximate surface area is 138 Å². The van der Waals surface area contributed by atoms with Crippen molar-refractivity contribution in [2.24, 2.45) is 10.9 Å². The van der Waals surface area contributed by atoms with Crippen molar-refractivity contribution in [2.45, 2.75) is 39.2 Å². The zero-order valence-electron chi connectivity index (χ0n) is 12.6. The maximum Gasteiger partial charge on any atom is 0.407 e. The van der Waals surface area contributed by atoms with Crippen LogP contribution in [-0.2, 0) is 4.74 Å². The standard InChI is InChI=1S/C13H26N4O2.HI/c1-4-8-15-12(14-3)16-9-11(10-6-7-10)17-13(18)19-5-2;/h10-11H,4-9H2,1-3H3,(H,17,18)(H2,14,15,16);1H. The van der Waals surface area contributed by atoms with Crippen molar-refractivity contribution >= 4 is 36.0 Å². The molecule has 1 fully saturated rings. The van der Waals surface area contributed by atoms with Gasteiger partial charge in [0.1, 0.15) is 0 Å². The zero-order valence-corrected chi connectivity index (χ0v) is 14.9. The van der Waals surface area contributed by atoms with Crippen LogP contribution in [0.1, 0.15) is 33.1 Å². The van der Waals surface area contributed by atoms with E-state index in [4.69, 9.17) is 4.74 Å². The minimum atomic E-state index is -0.335. The molecule has 3 N–H and O–H groups in total. The summed E-state index contributed by atoms with van der Waals surface area (Å²) in [7, 11) is 1.75. The fourth-order valence-corrected chi connectivity index (χ4v) is 1.83. The maximum atomic E-state index is 11.5. The van der Waals surface area contributed by atoms with Gasteiger partial charge in [-0.3, -0.25) is 4.99 Å². The van der Waals surface area contributed by atoms with Crippen LogP contribution in [0, 0.1) is 5.92 Å². The fourth-order valence-electron chi connectivity index (χ4n) is 1.83. The summed E-state index contributed by atoms with van der Waals surface area (Å²) in [5.74, 6) is 1.33. The molecule has 1 saturated carbocycles. The van der Waals surface area contributed by atoms with Gasteiger partial charge in [0.25, 0.3) is 0 Å². The Morgan fingerprint density at radius 3 is 2.55 bits per heavy atom. The second-order valence-electron chi connectivity index (χ2n) is 4.69. The quantitative estimate of drug-likeness (QED) is 0.347. The molecule has 1 unspecified atom stereocenters. The van der Waals surface area contributed by atoms with E-state index >= 15 is 0 Å². The van der Waals surface area contributed by atoms with E-state index in [0.717, 1.165) is 18.9 Å². The molecule has 0 aliphatic heterocycles. The first-order chi connectivity index (χ1) is 9.21. The van der Waals surface area contributed by atoms with Crippen molar-refractivity contribution < 1.29 is 9.53 Å². The highest BCUT2D eigenvalue weighted by molar-refractivity contribution is 14.0. The monoisotopic (exact) mass is 398 g/mol. The van der Waals surface area contributed by atoms with Crippen LogP contribution in [0.5, 0.6) is 0 Å². The highest BCUT2D eigenvalue weighted by Crippen LogP contribution is 2.32. The average molecular weight is 398 g/mol. The highest BCUT2D eigenvalue weighted by atomic mass is 127. The summed E-state index contributed by atoms with van der Waals surface area (Å²) >= 11 is 0. The summed E-state index contributed by atoms with van der Waals surface area (Å²) in [5, 5.41) is 9.36. The lowest BCUT2D eigenvalue weighted by atomic mass is 10.2. The number of halogens is 1. The number of carbonyl (C=O) groups excluding carboxylic acids is 1. The second kappa shape index (κ2) is 11.0. The molecule has 1 aliphatic carbocycles. The predicted molar refractivity (Wildman–Crippen MR) is 91.7 cm³/mol. The van der Waals surface area contributed by atoms with Gasteiger partial charge in [0.15, 0.2) is 5.96 Å². The SMILES string of the molecule is CCCNC(=NC)NCC(NC(=O)OCC)C1CC1.I. The third-order valence-electron chi connectivity index (χ3n) is 3.03. The first-order valence-corrected chi connectivity index (χ1v) is 7.09. The molecule has 0 aromatic carbocycles.